The van der Waals surface area contributed by atoms with Crippen LogP contribution < -0.4 is 20.7 Å². The van der Waals surface area contributed by atoms with Gasteiger partial charge in [0.15, 0.2) is 0 Å². The molecule has 4 N–H and O–H groups in total. The molecule has 0 spiro atoms. The highest BCUT2D eigenvalue weighted by atomic mass is 32.2. The lowest BCUT2D eigenvalue weighted by Gasteiger charge is -2.24. The average Bonchev–Trinajstić information content (AvgIpc) is 3.17. The lowest BCUT2D eigenvalue weighted by Crippen LogP contribution is -2.56. The summed E-state index contributed by atoms with van der Waals surface area (Å²) >= 11 is 3.15. The largest absolute Gasteiger partial charge is 0.350 e. The van der Waals surface area contributed by atoms with Gasteiger partial charge < -0.3 is 10.6 Å². The van der Waals surface area contributed by atoms with Crippen molar-refractivity contribution >= 4 is 41.2 Å². The number of benzene rings is 1. The maximum atomic E-state index is 13.0. The molecular formula is C22H33N5O4S2. The summed E-state index contributed by atoms with van der Waals surface area (Å²) in [7, 11) is 0. The number of carbonyl (C=O) groups is 2. The molecule has 33 heavy (non-hydrogen) atoms. The van der Waals surface area contributed by atoms with Gasteiger partial charge in [0, 0.05) is 24.4 Å². The average molecular weight is 496 g/mol. The van der Waals surface area contributed by atoms with Crippen LogP contribution >= 0.6 is 23.7 Å². The van der Waals surface area contributed by atoms with Gasteiger partial charge in [0.25, 0.3) is 11.6 Å². The molecule has 9 nitrogen and oxygen atoms in total. The Morgan fingerprint density at radius 3 is 2.55 bits per heavy atom. The summed E-state index contributed by atoms with van der Waals surface area (Å²) in [6.45, 7) is 4.19. The number of hydrogen-bond acceptors (Lipinski definition) is 8. The zero-order valence-corrected chi connectivity index (χ0v) is 20.7. The molecule has 2 fully saturated rings. The molecule has 1 aliphatic carbocycles. The number of non-ortho nitro benzene ring substituents is 1. The van der Waals surface area contributed by atoms with Crippen molar-refractivity contribution in [1.29, 1.82) is 0 Å². The molecule has 1 aromatic carbocycles. The Morgan fingerprint density at radius 2 is 1.94 bits per heavy atom. The number of carbonyl (C=O) groups excluding carboxylic acids is 2. The van der Waals surface area contributed by atoms with E-state index in [1.807, 2.05) is 13.8 Å². The second-order valence-corrected chi connectivity index (χ2v) is 11.6. The fourth-order valence-corrected chi connectivity index (χ4v) is 5.95. The molecule has 0 aromatic heterocycles. The van der Waals surface area contributed by atoms with Crippen LogP contribution in [-0.2, 0) is 16.1 Å². The maximum absolute atomic E-state index is 13.0. The Morgan fingerprint density at radius 1 is 1.24 bits per heavy atom. The van der Waals surface area contributed by atoms with Gasteiger partial charge in [-0.3, -0.25) is 25.0 Å². The molecule has 0 unspecified atom stereocenters. The molecule has 182 valence electrons. The van der Waals surface area contributed by atoms with Crippen LogP contribution in [0, 0.1) is 16.0 Å². The van der Waals surface area contributed by atoms with Crippen molar-refractivity contribution in [2.24, 2.45) is 5.92 Å². The summed E-state index contributed by atoms with van der Waals surface area (Å²) in [5.74, 6) is 1.64. The van der Waals surface area contributed by atoms with Gasteiger partial charge in [0.05, 0.1) is 9.79 Å². The van der Waals surface area contributed by atoms with Crippen LogP contribution in [0.3, 0.4) is 0 Å². The quantitative estimate of drug-likeness (QED) is 0.222. The summed E-state index contributed by atoms with van der Waals surface area (Å²) in [5.41, 5.74) is 0.762. The SMILES string of the molecule is CC1(C)N[C@H](C(=O)N[C@@H](CSCC2CCCCC2)C(=O)NCc2ccc([N+](=O)[O-])cc2)NS1. The predicted octanol–water partition coefficient (Wildman–Crippen LogP) is 2.91. The number of nitro benzene ring substituents is 1. The van der Waals surface area contributed by atoms with Crippen molar-refractivity contribution in [3.63, 3.8) is 0 Å². The number of rotatable bonds is 10. The minimum atomic E-state index is -0.665. The van der Waals surface area contributed by atoms with Crippen LogP contribution in [0.5, 0.6) is 0 Å². The zero-order chi connectivity index (χ0) is 23.8. The molecule has 3 rings (SSSR count). The molecule has 0 bridgehead atoms. The zero-order valence-electron chi connectivity index (χ0n) is 19.1. The van der Waals surface area contributed by atoms with Crippen LogP contribution in [0.15, 0.2) is 24.3 Å². The van der Waals surface area contributed by atoms with E-state index in [2.05, 4.69) is 20.7 Å². The first kappa shape index (κ1) is 25.8. The smallest absolute Gasteiger partial charge is 0.269 e. The van der Waals surface area contributed by atoms with E-state index in [1.165, 1.54) is 56.2 Å². The fraction of sp³-hybridized carbons (Fsp3) is 0.636. The van der Waals surface area contributed by atoms with Gasteiger partial charge in [-0.05, 0) is 43.9 Å². The molecule has 11 heteroatoms. The van der Waals surface area contributed by atoms with Crippen LogP contribution in [0.4, 0.5) is 5.69 Å². The van der Waals surface area contributed by atoms with Crippen molar-refractivity contribution in [3.05, 3.63) is 39.9 Å². The minimum Gasteiger partial charge on any atom is -0.350 e. The third-order valence-corrected chi connectivity index (χ3v) is 8.05. The highest BCUT2D eigenvalue weighted by Crippen LogP contribution is 2.27. The number of nitro groups is 1. The molecule has 2 atom stereocenters. The summed E-state index contributed by atoms with van der Waals surface area (Å²) in [6.07, 6.45) is 5.75. The lowest BCUT2D eigenvalue weighted by molar-refractivity contribution is -0.384. The van der Waals surface area contributed by atoms with Crippen molar-refractivity contribution in [2.45, 2.75) is 69.6 Å². The van der Waals surface area contributed by atoms with E-state index in [4.69, 9.17) is 0 Å². The van der Waals surface area contributed by atoms with Gasteiger partial charge >= 0.3 is 0 Å². The fourth-order valence-electron chi connectivity index (χ4n) is 3.92. The molecule has 0 radical (unpaired) electrons. The van der Waals surface area contributed by atoms with Gasteiger partial charge in [-0.1, -0.05) is 43.3 Å². The molecule has 1 saturated carbocycles. The molecule has 1 aromatic rings. The van der Waals surface area contributed by atoms with Gasteiger partial charge in [0.2, 0.25) is 5.91 Å². The first-order chi connectivity index (χ1) is 15.7. The number of nitrogens with one attached hydrogen (secondary N) is 4. The van der Waals surface area contributed by atoms with E-state index < -0.39 is 17.1 Å². The second kappa shape index (κ2) is 12.0. The number of nitrogens with zero attached hydrogens (tertiary/aromatic N) is 1. The Bertz CT molecular complexity index is 831. The highest BCUT2D eigenvalue weighted by molar-refractivity contribution is 7.99. The number of amides is 2. The molecule has 1 aliphatic heterocycles. The van der Waals surface area contributed by atoms with Crippen LogP contribution in [0.1, 0.15) is 51.5 Å². The van der Waals surface area contributed by atoms with Crippen molar-refractivity contribution < 1.29 is 14.5 Å². The Labute approximate surface area is 203 Å². The van der Waals surface area contributed by atoms with E-state index in [1.54, 1.807) is 23.9 Å². The van der Waals surface area contributed by atoms with E-state index in [0.29, 0.717) is 11.7 Å². The summed E-state index contributed by atoms with van der Waals surface area (Å²) < 4.78 is 3.07. The molecular weight excluding hydrogens is 462 g/mol. The summed E-state index contributed by atoms with van der Waals surface area (Å²) in [6, 6.07) is 5.40. The maximum Gasteiger partial charge on any atom is 0.269 e. The van der Waals surface area contributed by atoms with Gasteiger partial charge in [-0.15, -0.1) is 0 Å². The standard InChI is InChI=1S/C22H33N5O4S2/c1-22(2)25-19(26-33-22)21(29)24-18(14-32-13-16-6-4-3-5-7-16)20(28)23-12-15-8-10-17(11-9-15)27(30)31/h8-11,16,18-19,25-26H,3-7,12-14H2,1-2H3,(H,23,28)(H,24,29)/t18-,19-/m0/s1. The third kappa shape index (κ3) is 8.16. The van der Waals surface area contributed by atoms with E-state index in [0.717, 1.165) is 11.3 Å². The number of thioether (sulfide) groups is 1. The monoisotopic (exact) mass is 495 g/mol. The highest BCUT2D eigenvalue weighted by Gasteiger charge is 2.36. The van der Waals surface area contributed by atoms with Gasteiger partial charge in [0.1, 0.15) is 12.2 Å². The van der Waals surface area contributed by atoms with Gasteiger partial charge in [-0.25, -0.2) is 4.72 Å². The minimum absolute atomic E-state index is 0.00619. The summed E-state index contributed by atoms with van der Waals surface area (Å²) in [5, 5.41) is 19.8. The first-order valence-electron chi connectivity index (χ1n) is 11.3. The molecule has 2 aliphatic rings. The van der Waals surface area contributed by atoms with Crippen molar-refractivity contribution in [2.75, 3.05) is 11.5 Å². The Hall–Kier alpha value is -1.82. The lowest BCUT2D eigenvalue weighted by atomic mass is 9.91. The summed E-state index contributed by atoms with van der Waals surface area (Å²) in [4.78, 5) is 35.8. The van der Waals surface area contributed by atoms with Gasteiger partial charge in [-0.2, -0.15) is 11.8 Å². The Balaban J connectivity index is 1.56. The second-order valence-electron chi connectivity index (χ2n) is 9.05. The van der Waals surface area contributed by atoms with Crippen molar-refractivity contribution in [3.8, 4) is 0 Å². The molecule has 2 amide bonds. The number of hydrogen-bond donors (Lipinski definition) is 4. The van der Waals surface area contributed by atoms with Crippen LogP contribution in [0.25, 0.3) is 0 Å². The predicted molar refractivity (Wildman–Crippen MR) is 133 cm³/mol. The van der Waals surface area contributed by atoms with Crippen LogP contribution in [0.2, 0.25) is 0 Å². The topological polar surface area (TPSA) is 125 Å². The molecule has 1 saturated heterocycles. The van der Waals surface area contributed by atoms with Crippen LogP contribution in [-0.4, -0.2) is 45.3 Å². The third-order valence-electron chi connectivity index (χ3n) is 5.80. The van der Waals surface area contributed by atoms with Crippen molar-refractivity contribution in [1.82, 2.24) is 20.7 Å². The Kier molecular flexibility index (Phi) is 9.42. The van der Waals surface area contributed by atoms with E-state index >= 15 is 0 Å². The van der Waals surface area contributed by atoms with E-state index in [-0.39, 0.29) is 28.9 Å². The first-order valence-corrected chi connectivity index (χ1v) is 13.3. The van der Waals surface area contributed by atoms with E-state index in [9.17, 15) is 19.7 Å². The molecule has 1 heterocycles. The normalized spacial score (nSPS) is 21.3.